The molecule has 0 fully saturated rings. The van der Waals surface area contributed by atoms with Crippen LogP contribution in [0.5, 0.6) is 11.5 Å². The maximum absolute atomic E-state index is 5.38. The SMILES string of the molecule is CCOCCCNC(=NCc1ccc(OC)c(OC)c1)NCCc1ccco1.I. The second-order valence-electron chi connectivity index (χ2n) is 6.09. The highest BCUT2D eigenvalue weighted by molar-refractivity contribution is 14.0. The number of guanidine groups is 1. The van der Waals surface area contributed by atoms with Crippen LogP contribution in [0.4, 0.5) is 0 Å². The number of halogens is 1. The Bertz CT molecular complexity index is 708. The molecule has 0 spiro atoms. The molecule has 0 radical (unpaired) electrons. The van der Waals surface area contributed by atoms with Crippen LogP contribution >= 0.6 is 24.0 Å². The first-order valence-corrected chi connectivity index (χ1v) is 9.60. The number of aliphatic imine (C=N–C) groups is 1. The van der Waals surface area contributed by atoms with Crippen LogP contribution in [-0.2, 0) is 17.7 Å². The van der Waals surface area contributed by atoms with Gasteiger partial charge in [0.15, 0.2) is 17.5 Å². The number of hydrogen-bond acceptors (Lipinski definition) is 5. The van der Waals surface area contributed by atoms with Crippen LogP contribution in [0.25, 0.3) is 0 Å². The second kappa shape index (κ2) is 15.0. The predicted octanol–water partition coefficient (Wildman–Crippen LogP) is 3.62. The summed E-state index contributed by atoms with van der Waals surface area (Å²) < 4.78 is 21.4. The molecular weight excluding hydrogens is 485 g/mol. The van der Waals surface area contributed by atoms with Crippen molar-refractivity contribution in [3.63, 3.8) is 0 Å². The van der Waals surface area contributed by atoms with Crippen LogP contribution in [0.15, 0.2) is 46.0 Å². The minimum atomic E-state index is 0. The number of rotatable bonds is 12. The van der Waals surface area contributed by atoms with Crippen LogP contribution in [0.1, 0.15) is 24.7 Å². The Balaban J connectivity index is 0.00000420. The molecule has 1 heterocycles. The molecule has 0 amide bonds. The normalized spacial score (nSPS) is 10.9. The molecule has 7 nitrogen and oxygen atoms in total. The Hall–Kier alpha value is -1.94. The molecule has 1 aromatic heterocycles. The molecule has 0 saturated carbocycles. The van der Waals surface area contributed by atoms with E-state index in [0.717, 1.165) is 56.4 Å². The molecule has 162 valence electrons. The van der Waals surface area contributed by atoms with Crippen LogP contribution in [-0.4, -0.2) is 46.5 Å². The molecule has 0 unspecified atom stereocenters. The predicted molar refractivity (Wildman–Crippen MR) is 126 cm³/mol. The minimum absolute atomic E-state index is 0. The number of benzene rings is 1. The summed E-state index contributed by atoms with van der Waals surface area (Å²) in [4.78, 5) is 4.69. The first kappa shape index (κ1) is 25.1. The summed E-state index contributed by atoms with van der Waals surface area (Å²) in [6, 6.07) is 9.69. The van der Waals surface area contributed by atoms with Crippen molar-refractivity contribution in [2.45, 2.75) is 26.3 Å². The van der Waals surface area contributed by atoms with Crippen LogP contribution in [0, 0.1) is 0 Å². The molecule has 2 N–H and O–H groups in total. The van der Waals surface area contributed by atoms with Gasteiger partial charge in [0, 0.05) is 32.7 Å². The van der Waals surface area contributed by atoms with Crippen molar-refractivity contribution in [2.24, 2.45) is 4.99 Å². The summed E-state index contributed by atoms with van der Waals surface area (Å²) in [6.45, 7) is 5.53. The third-order valence-electron chi connectivity index (χ3n) is 4.07. The van der Waals surface area contributed by atoms with Gasteiger partial charge in [-0.15, -0.1) is 24.0 Å². The molecule has 0 aliphatic heterocycles. The molecule has 0 aliphatic rings. The summed E-state index contributed by atoms with van der Waals surface area (Å²) in [6.07, 6.45) is 3.40. The fourth-order valence-corrected chi connectivity index (χ4v) is 2.61. The highest BCUT2D eigenvalue weighted by Crippen LogP contribution is 2.27. The van der Waals surface area contributed by atoms with E-state index < -0.39 is 0 Å². The van der Waals surface area contributed by atoms with E-state index in [4.69, 9.17) is 18.6 Å². The third-order valence-corrected chi connectivity index (χ3v) is 4.07. The van der Waals surface area contributed by atoms with Gasteiger partial charge in [0.2, 0.25) is 0 Å². The van der Waals surface area contributed by atoms with Gasteiger partial charge in [-0.3, -0.25) is 0 Å². The average molecular weight is 517 g/mol. The molecule has 0 aliphatic carbocycles. The lowest BCUT2D eigenvalue weighted by Crippen LogP contribution is -2.39. The van der Waals surface area contributed by atoms with Gasteiger partial charge in [-0.05, 0) is 43.2 Å². The lowest BCUT2D eigenvalue weighted by atomic mass is 10.2. The van der Waals surface area contributed by atoms with Gasteiger partial charge in [0.1, 0.15) is 5.76 Å². The summed E-state index contributed by atoms with van der Waals surface area (Å²) in [5.74, 6) is 3.12. The molecule has 0 atom stereocenters. The van der Waals surface area contributed by atoms with E-state index in [9.17, 15) is 0 Å². The van der Waals surface area contributed by atoms with Gasteiger partial charge >= 0.3 is 0 Å². The van der Waals surface area contributed by atoms with E-state index in [1.165, 1.54) is 0 Å². The molecule has 8 heteroatoms. The van der Waals surface area contributed by atoms with Gasteiger partial charge in [0.25, 0.3) is 0 Å². The van der Waals surface area contributed by atoms with E-state index in [1.54, 1.807) is 20.5 Å². The Kier molecular flexibility index (Phi) is 13.0. The van der Waals surface area contributed by atoms with Crippen molar-refractivity contribution in [2.75, 3.05) is 40.5 Å². The van der Waals surface area contributed by atoms with Gasteiger partial charge in [-0.1, -0.05) is 6.07 Å². The lowest BCUT2D eigenvalue weighted by molar-refractivity contribution is 0.145. The number of ether oxygens (including phenoxy) is 3. The average Bonchev–Trinajstić information content (AvgIpc) is 3.24. The summed E-state index contributed by atoms with van der Waals surface area (Å²) >= 11 is 0. The van der Waals surface area contributed by atoms with Crippen LogP contribution < -0.4 is 20.1 Å². The monoisotopic (exact) mass is 517 g/mol. The first-order valence-electron chi connectivity index (χ1n) is 9.60. The zero-order chi connectivity index (χ0) is 20.0. The van der Waals surface area contributed by atoms with Crippen molar-refractivity contribution >= 4 is 29.9 Å². The Morgan fingerprint density at radius 2 is 1.86 bits per heavy atom. The Morgan fingerprint density at radius 3 is 2.55 bits per heavy atom. The van der Waals surface area contributed by atoms with Crippen molar-refractivity contribution in [1.82, 2.24) is 10.6 Å². The van der Waals surface area contributed by atoms with Crippen LogP contribution in [0.3, 0.4) is 0 Å². The molecular formula is C21H32IN3O4. The smallest absolute Gasteiger partial charge is 0.191 e. The maximum Gasteiger partial charge on any atom is 0.191 e. The fraction of sp³-hybridized carbons (Fsp3) is 0.476. The van der Waals surface area contributed by atoms with Gasteiger partial charge < -0.3 is 29.3 Å². The van der Waals surface area contributed by atoms with E-state index >= 15 is 0 Å². The third kappa shape index (κ3) is 9.40. The maximum atomic E-state index is 5.38. The fourth-order valence-electron chi connectivity index (χ4n) is 2.61. The molecule has 0 saturated heterocycles. The highest BCUT2D eigenvalue weighted by Gasteiger charge is 2.05. The van der Waals surface area contributed by atoms with Crippen LogP contribution in [0.2, 0.25) is 0 Å². The van der Waals surface area contributed by atoms with E-state index in [2.05, 4.69) is 15.6 Å². The molecule has 2 aromatic rings. The molecule has 0 bridgehead atoms. The number of furan rings is 1. The van der Waals surface area contributed by atoms with E-state index in [-0.39, 0.29) is 24.0 Å². The Morgan fingerprint density at radius 1 is 1.07 bits per heavy atom. The summed E-state index contributed by atoms with van der Waals surface area (Å²) in [7, 11) is 3.26. The number of nitrogens with zero attached hydrogens (tertiary/aromatic N) is 1. The number of nitrogens with one attached hydrogen (secondary N) is 2. The lowest BCUT2D eigenvalue weighted by Gasteiger charge is -2.13. The zero-order valence-electron chi connectivity index (χ0n) is 17.4. The molecule has 2 rings (SSSR count). The van der Waals surface area contributed by atoms with E-state index in [0.29, 0.717) is 18.0 Å². The molecule has 29 heavy (non-hydrogen) atoms. The summed E-state index contributed by atoms with van der Waals surface area (Å²) in [5, 5.41) is 6.70. The van der Waals surface area contributed by atoms with E-state index in [1.807, 2.05) is 37.3 Å². The van der Waals surface area contributed by atoms with Gasteiger partial charge in [-0.25, -0.2) is 4.99 Å². The zero-order valence-corrected chi connectivity index (χ0v) is 19.7. The largest absolute Gasteiger partial charge is 0.493 e. The van der Waals surface area contributed by atoms with Gasteiger partial charge in [0.05, 0.1) is 27.0 Å². The summed E-state index contributed by atoms with van der Waals surface area (Å²) in [5.41, 5.74) is 1.04. The Labute approximate surface area is 190 Å². The first-order chi connectivity index (χ1) is 13.8. The van der Waals surface area contributed by atoms with Crippen molar-refractivity contribution in [1.29, 1.82) is 0 Å². The quantitative estimate of drug-likeness (QED) is 0.194. The topological polar surface area (TPSA) is 77.2 Å². The van der Waals surface area contributed by atoms with Crippen molar-refractivity contribution in [3.05, 3.63) is 47.9 Å². The number of hydrogen-bond donors (Lipinski definition) is 2. The van der Waals surface area contributed by atoms with Crippen molar-refractivity contribution < 1.29 is 18.6 Å². The highest BCUT2D eigenvalue weighted by atomic mass is 127. The second-order valence-corrected chi connectivity index (χ2v) is 6.09. The number of methoxy groups -OCH3 is 2. The van der Waals surface area contributed by atoms with Gasteiger partial charge in [-0.2, -0.15) is 0 Å². The minimum Gasteiger partial charge on any atom is -0.493 e. The molecule has 1 aromatic carbocycles. The van der Waals surface area contributed by atoms with Crippen molar-refractivity contribution in [3.8, 4) is 11.5 Å². The standard InChI is InChI=1S/C21H31N3O4.HI/c1-4-27-13-6-11-22-21(23-12-10-18-7-5-14-28-18)24-16-17-8-9-19(25-2)20(15-17)26-3;/h5,7-9,14-15H,4,6,10-13,16H2,1-3H3,(H2,22,23,24);1H.